The van der Waals surface area contributed by atoms with Gasteiger partial charge in [0.15, 0.2) is 0 Å². The van der Waals surface area contributed by atoms with Crippen LogP contribution in [0.4, 0.5) is 17.1 Å². The van der Waals surface area contributed by atoms with Gasteiger partial charge in [0.25, 0.3) is 0 Å². The summed E-state index contributed by atoms with van der Waals surface area (Å²) in [7, 11) is 0. The van der Waals surface area contributed by atoms with E-state index in [9.17, 15) is 0 Å². The molecule has 9 rings (SSSR count). The fraction of sp³-hybridized carbons (Fsp3) is 0. The summed E-state index contributed by atoms with van der Waals surface area (Å²) in [6.07, 6.45) is 0. The third-order valence-corrected chi connectivity index (χ3v) is 9.87. The smallest absolute Gasteiger partial charge is 0.135 e. The summed E-state index contributed by atoms with van der Waals surface area (Å²) in [6.45, 7) is 0. The molecule has 0 spiro atoms. The number of hydrogen-bond acceptors (Lipinski definition) is 3. The van der Waals surface area contributed by atoms with Gasteiger partial charge in [-0.15, -0.1) is 11.3 Å². The third kappa shape index (κ3) is 4.32. The lowest BCUT2D eigenvalue weighted by molar-refractivity contribution is 0.669. The van der Waals surface area contributed by atoms with Crippen LogP contribution >= 0.6 is 11.3 Å². The van der Waals surface area contributed by atoms with Crippen LogP contribution in [0.5, 0.6) is 0 Å². The molecular weight excluding hydrogens is 567 g/mol. The predicted molar refractivity (Wildman–Crippen MR) is 192 cm³/mol. The van der Waals surface area contributed by atoms with Crippen LogP contribution in [0.3, 0.4) is 0 Å². The average Bonchev–Trinajstić information content (AvgIpc) is 3.68. The van der Waals surface area contributed by atoms with Crippen molar-refractivity contribution in [3.05, 3.63) is 164 Å². The predicted octanol–water partition coefficient (Wildman–Crippen LogP) is 12.8. The van der Waals surface area contributed by atoms with E-state index in [0.717, 1.165) is 33.3 Å². The highest BCUT2D eigenvalue weighted by Crippen LogP contribution is 2.49. The number of fused-ring (bicyclic) bond motifs is 6. The van der Waals surface area contributed by atoms with E-state index in [1.54, 1.807) is 0 Å². The second kappa shape index (κ2) is 10.5. The Kier molecular flexibility index (Phi) is 6.03. The first-order valence-electron chi connectivity index (χ1n) is 15.2. The van der Waals surface area contributed by atoms with E-state index >= 15 is 0 Å². The Morgan fingerprint density at radius 3 is 1.89 bits per heavy atom. The molecule has 45 heavy (non-hydrogen) atoms. The number of para-hydroxylation sites is 2. The highest BCUT2D eigenvalue weighted by molar-refractivity contribution is 7.26. The van der Waals surface area contributed by atoms with Crippen LogP contribution in [0.2, 0.25) is 0 Å². The SMILES string of the molecule is c1ccc(-c2ccc3c(sc4ccccc43)c2N(c2ccccc2)c2ccc(-c3ccc4oc5ccccc5c4c3)cc2)cc1. The summed E-state index contributed by atoms with van der Waals surface area (Å²) >= 11 is 1.87. The van der Waals surface area contributed by atoms with Gasteiger partial charge in [-0.3, -0.25) is 0 Å². The van der Waals surface area contributed by atoms with Crippen LogP contribution in [-0.2, 0) is 0 Å². The number of nitrogens with zero attached hydrogens (tertiary/aromatic N) is 1. The Labute approximate surface area is 265 Å². The van der Waals surface area contributed by atoms with Crippen molar-refractivity contribution in [2.24, 2.45) is 0 Å². The van der Waals surface area contributed by atoms with Gasteiger partial charge < -0.3 is 9.32 Å². The van der Waals surface area contributed by atoms with E-state index in [2.05, 4.69) is 157 Å². The van der Waals surface area contributed by atoms with Gasteiger partial charge in [0.1, 0.15) is 11.2 Å². The van der Waals surface area contributed by atoms with E-state index in [-0.39, 0.29) is 0 Å². The number of thiophene rings is 1. The first kappa shape index (κ1) is 25.8. The van der Waals surface area contributed by atoms with Gasteiger partial charge >= 0.3 is 0 Å². The van der Waals surface area contributed by atoms with Gasteiger partial charge in [-0.25, -0.2) is 0 Å². The van der Waals surface area contributed by atoms with Crippen molar-refractivity contribution in [3.8, 4) is 22.3 Å². The number of rotatable bonds is 5. The topological polar surface area (TPSA) is 16.4 Å². The van der Waals surface area contributed by atoms with Crippen LogP contribution in [-0.4, -0.2) is 0 Å². The van der Waals surface area contributed by atoms with E-state index in [0.29, 0.717) is 0 Å². The van der Waals surface area contributed by atoms with Crippen molar-refractivity contribution in [1.82, 2.24) is 0 Å². The lowest BCUT2D eigenvalue weighted by atomic mass is 9.98. The van der Waals surface area contributed by atoms with Crippen molar-refractivity contribution in [3.63, 3.8) is 0 Å². The molecule has 212 valence electrons. The second-order valence-electron chi connectivity index (χ2n) is 11.3. The first-order valence-corrected chi connectivity index (χ1v) is 16.0. The first-order chi connectivity index (χ1) is 22.3. The van der Waals surface area contributed by atoms with E-state index < -0.39 is 0 Å². The van der Waals surface area contributed by atoms with Gasteiger partial charge in [-0.05, 0) is 65.2 Å². The molecule has 0 bridgehead atoms. The molecule has 7 aromatic carbocycles. The molecule has 0 N–H and O–H groups in total. The van der Waals surface area contributed by atoms with Gasteiger partial charge in [0, 0.05) is 43.2 Å². The fourth-order valence-corrected chi connectivity index (χ4v) is 7.78. The van der Waals surface area contributed by atoms with Crippen LogP contribution in [0.15, 0.2) is 168 Å². The maximum absolute atomic E-state index is 6.09. The lowest BCUT2D eigenvalue weighted by Gasteiger charge is -2.28. The largest absolute Gasteiger partial charge is 0.456 e. The summed E-state index contributed by atoms with van der Waals surface area (Å²) in [5, 5.41) is 4.86. The summed E-state index contributed by atoms with van der Waals surface area (Å²) in [4.78, 5) is 2.43. The van der Waals surface area contributed by atoms with Crippen LogP contribution in [0.25, 0.3) is 64.4 Å². The zero-order valence-corrected chi connectivity index (χ0v) is 25.2. The minimum absolute atomic E-state index is 0.914. The minimum atomic E-state index is 0.914. The van der Waals surface area contributed by atoms with Crippen molar-refractivity contribution < 1.29 is 4.42 Å². The molecule has 2 nitrogen and oxygen atoms in total. The summed E-state index contributed by atoms with van der Waals surface area (Å²) in [5.41, 5.74) is 10.0. The normalized spacial score (nSPS) is 11.6. The van der Waals surface area contributed by atoms with E-state index in [4.69, 9.17) is 4.42 Å². The monoisotopic (exact) mass is 593 g/mol. The molecule has 0 aliphatic rings. The van der Waals surface area contributed by atoms with Crippen molar-refractivity contribution in [1.29, 1.82) is 0 Å². The van der Waals surface area contributed by atoms with E-state index in [1.807, 2.05) is 23.5 Å². The average molecular weight is 594 g/mol. The van der Waals surface area contributed by atoms with Crippen LogP contribution in [0, 0.1) is 0 Å². The van der Waals surface area contributed by atoms with Gasteiger partial charge in [-0.2, -0.15) is 0 Å². The number of benzene rings is 7. The van der Waals surface area contributed by atoms with Gasteiger partial charge in [-0.1, -0.05) is 115 Å². The minimum Gasteiger partial charge on any atom is -0.456 e. The summed E-state index contributed by atoms with van der Waals surface area (Å²) in [6, 6.07) is 58.5. The van der Waals surface area contributed by atoms with Crippen LogP contribution < -0.4 is 4.90 Å². The molecule has 0 saturated carbocycles. The third-order valence-electron chi connectivity index (χ3n) is 8.68. The number of anilines is 3. The maximum Gasteiger partial charge on any atom is 0.135 e. The molecule has 0 fully saturated rings. The Hall–Kier alpha value is -5.64. The molecule has 0 unspecified atom stereocenters. The van der Waals surface area contributed by atoms with Crippen molar-refractivity contribution in [2.75, 3.05) is 4.90 Å². The molecule has 0 aliphatic carbocycles. The zero-order valence-electron chi connectivity index (χ0n) is 24.4. The molecule has 0 saturated heterocycles. The standard InChI is InChI=1S/C42H27NOS/c1-3-11-29(12-4-1)33-24-25-36-35-16-8-10-18-40(35)45-42(36)41(33)43(31-13-5-2-6-14-31)32-22-19-28(20-23-32)30-21-26-39-37(27-30)34-15-7-9-17-38(34)44-39/h1-27H. The van der Waals surface area contributed by atoms with Gasteiger partial charge in [0.2, 0.25) is 0 Å². The Morgan fingerprint density at radius 2 is 1.07 bits per heavy atom. The van der Waals surface area contributed by atoms with E-state index in [1.165, 1.54) is 48.1 Å². The fourth-order valence-electron chi connectivity index (χ4n) is 6.54. The molecule has 2 aromatic heterocycles. The number of furan rings is 1. The molecule has 0 amide bonds. The highest BCUT2D eigenvalue weighted by atomic mass is 32.1. The molecule has 0 radical (unpaired) electrons. The summed E-state index contributed by atoms with van der Waals surface area (Å²) < 4.78 is 8.67. The Bertz CT molecular complexity index is 2470. The second-order valence-corrected chi connectivity index (χ2v) is 12.4. The lowest BCUT2D eigenvalue weighted by Crippen LogP contribution is -2.11. The molecule has 9 aromatic rings. The maximum atomic E-state index is 6.09. The Balaban J connectivity index is 1.25. The molecular formula is C42H27NOS. The molecule has 0 aliphatic heterocycles. The van der Waals surface area contributed by atoms with Crippen LogP contribution in [0.1, 0.15) is 0 Å². The Morgan fingerprint density at radius 1 is 0.422 bits per heavy atom. The quantitative estimate of drug-likeness (QED) is 0.197. The highest BCUT2D eigenvalue weighted by Gasteiger charge is 2.22. The van der Waals surface area contributed by atoms with Crippen molar-refractivity contribution >= 4 is 70.5 Å². The zero-order chi connectivity index (χ0) is 29.7. The van der Waals surface area contributed by atoms with Gasteiger partial charge in [0.05, 0.1) is 10.4 Å². The summed E-state index contributed by atoms with van der Waals surface area (Å²) in [5.74, 6) is 0. The molecule has 0 atom stereocenters. The van der Waals surface area contributed by atoms with Crippen molar-refractivity contribution in [2.45, 2.75) is 0 Å². The number of hydrogen-bond donors (Lipinski definition) is 0. The molecule has 2 heterocycles. The molecule has 3 heteroatoms.